The van der Waals surface area contributed by atoms with Gasteiger partial charge in [-0.25, -0.2) is 4.98 Å². The van der Waals surface area contributed by atoms with Gasteiger partial charge in [0.25, 0.3) is 0 Å². The highest BCUT2D eigenvalue weighted by Gasteiger charge is 2.10. The van der Waals surface area contributed by atoms with Crippen molar-refractivity contribution in [2.45, 2.75) is 25.8 Å². The van der Waals surface area contributed by atoms with Gasteiger partial charge in [-0.1, -0.05) is 48.0 Å². The summed E-state index contributed by atoms with van der Waals surface area (Å²) < 4.78 is 2.02. The molecule has 0 aliphatic carbocycles. The molecule has 4 rings (SSSR count). The molecule has 0 N–H and O–H groups in total. The first-order valence-electron chi connectivity index (χ1n) is 9.74. The molecule has 2 heterocycles. The van der Waals surface area contributed by atoms with Crippen LogP contribution in [0.3, 0.4) is 0 Å². The lowest BCUT2D eigenvalue weighted by Crippen LogP contribution is -2.32. The second kappa shape index (κ2) is 8.82. The topological polar surface area (TPSA) is 42.6 Å². The molecule has 0 saturated carbocycles. The Bertz CT molecular complexity index is 882. The van der Waals surface area contributed by atoms with Crippen LogP contribution in [-0.4, -0.2) is 46.4 Å². The first-order chi connectivity index (χ1) is 13.4. The van der Waals surface area contributed by atoms with Crippen LogP contribution in [0.15, 0.2) is 66.3 Å². The van der Waals surface area contributed by atoms with Gasteiger partial charge in [-0.15, -0.1) is 0 Å². The number of piperidine rings is 1. The number of benzene rings is 2. The summed E-state index contributed by atoms with van der Waals surface area (Å²) in [7, 11) is 0. The molecule has 1 aliphatic rings. The lowest BCUT2D eigenvalue weighted by atomic mass is 10.0. The standard InChI is InChI=1S/C22H26N4O/c1-4-11-25(12-5-1)14-15-27-24-22(17-26-13-10-23-18-26)21-9-8-19-6-2-3-7-20(19)16-21/h2-3,6-10,13,16,18H,1,4-5,11-12,14-15,17H2/b24-22-. The number of fused-ring (bicyclic) bond motifs is 1. The zero-order valence-electron chi connectivity index (χ0n) is 15.6. The maximum absolute atomic E-state index is 5.73. The Labute approximate surface area is 160 Å². The Balaban J connectivity index is 1.48. The highest BCUT2D eigenvalue weighted by Crippen LogP contribution is 2.17. The summed E-state index contributed by atoms with van der Waals surface area (Å²) in [5.41, 5.74) is 2.00. The van der Waals surface area contributed by atoms with Crippen molar-refractivity contribution >= 4 is 16.5 Å². The second-order valence-corrected chi connectivity index (χ2v) is 7.07. The Kier molecular flexibility index (Phi) is 5.80. The molecule has 1 fully saturated rings. The van der Waals surface area contributed by atoms with Gasteiger partial charge in [0.15, 0.2) is 0 Å². The molecule has 0 radical (unpaired) electrons. The molecule has 0 unspecified atom stereocenters. The molecule has 1 aliphatic heterocycles. The lowest BCUT2D eigenvalue weighted by Gasteiger charge is -2.25. The molecule has 5 heteroatoms. The number of nitrogens with zero attached hydrogens (tertiary/aromatic N) is 4. The number of aromatic nitrogens is 2. The number of oxime groups is 1. The lowest BCUT2D eigenvalue weighted by molar-refractivity contribution is 0.102. The van der Waals surface area contributed by atoms with E-state index in [2.05, 4.69) is 57.5 Å². The molecule has 1 saturated heterocycles. The summed E-state index contributed by atoms with van der Waals surface area (Å²) in [6.45, 7) is 4.57. The van der Waals surface area contributed by atoms with Crippen LogP contribution in [0.5, 0.6) is 0 Å². The molecule has 140 valence electrons. The van der Waals surface area contributed by atoms with Gasteiger partial charge in [0, 0.05) is 24.5 Å². The van der Waals surface area contributed by atoms with Gasteiger partial charge < -0.3 is 9.40 Å². The third kappa shape index (κ3) is 4.74. The third-order valence-corrected chi connectivity index (χ3v) is 5.10. The fourth-order valence-corrected chi connectivity index (χ4v) is 3.57. The predicted octanol–water partition coefficient (Wildman–Crippen LogP) is 3.94. The van der Waals surface area contributed by atoms with E-state index in [-0.39, 0.29) is 0 Å². The number of hydrogen-bond acceptors (Lipinski definition) is 4. The van der Waals surface area contributed by atoms with Gasteiger partial charge in [0.1, 0.15) is 12.3 Å². The monoisotopic (exact) mass is 362 g/mol. The minimum atomic E-state index is 0.626. The van der Waals surface area contributed by atoms with Crippen molar-refractivity contribution in [1.29, 1.82) is 0 Å². The largest absolute Gasteiger partial charge is 0.394 e. The average molecular weight is 362 g/mol. The van der Waals surface area contributed by atoms with Gasteiger partial charge in [0.05, 0.1) is 12.9 Å². The molecule has 27 heavy (non-hydrogen) atoms. The van der Waals surface area contributed by atoms with Crippen LogP contribution in [0, 0.1) is 0 Å². The van der Waals surface area contributed by atoms with Crippen molar-refractivity contribution in [2.24, 2.45) is 5.16 Å². The first-order valence-corrected chi connectivity index (χ1v) is 9.74. The van der Waals surface area contributed by atoms with Crippen LogP contribution in [-0.2, 0) is 11.4 Å². The summed E-state index contributed by atoms with van der Waals surface area (Å²) >= 11 is 0. The fourth-order valence-electron chi connectivity index (χ4n) is 3.57. The minimum absolute atomic E-state index is 0.626. The molecular weight excluding hydrogens is 336 g/mol. The van der Waals surface area contributed by atoms with E-state index in [4.69, 9.17) is 4.84 Å². The van der Waals surface area contributed by atoms with Gasteiger partial charge in [-0.3, -0.25) is 4.90 Å². The van der Waals surface area contributed by atoms with E-state index < -0.39 is 0 Å². The second-order valence-electron chi connectivity index (χ2n) is 7.07. The third-order valence-electron chi connectivity index (χ3n) is 5.10. The Hall–Kier alpha value is -2.66. The molecule has 3 aromatic rings. The van der Waals surface area contributed by atoms with Crippen molar-refractivity contribution in [2.75, 3.05) is 26.2 Å². The van der Waals surface area contributed by atoms with Gasteiger partial charge in [0.2, 0.25) is 0 Å². The highest BCUT2D eigenvalue weighted by atomic mass is 16.6. The van der Waals surface area contributed by atoms with E-state index in [0.717, 1.165) is 17.8 Å². The molecule has 0 bridgehead atoms. The molecule has 2 aromatic carbocycles. The molecule has 0 amide bonds. The van der Waals surface area contributed by atoms with Crippen LogP contribution in [0.4, 0.5) is 0 Å². The Morgan fingerprint density at radius 2 is 1.89 bits per heavy atom. The van der Waals surface area contributed by atoms with Crippen LogP contribution >= 0.6 is 0 Å². The molecule has 1 aromatic heterocycles. The quantitative estimate of drug-likeness (QED) is 0.363. The van der Waals surface area contributed by atoms with Gasteiger partial charge in [-0.2, -0.15) is 0 Å². The van der Waals surface area contributed by atoms with Crippen molar-refractivity contribution < 1.29 is 4.84 Å². The Morgan fingerprint density at radius 1 is 1.04 bits per heavy atom. The first kappa shape index (κ1) is 17.7. The summed E-state index contributed by atoms with van der Waals surface area (Å²) in [5.74, 6) is 0. The summed E-state index contributed by atoms with van der Waals surface area (Å²) in [6, 6.07) is 14.8. The maximum Gasteiger partial charge on any atom is 0.129 e. The number of likely N-dealkylation sites (tertiary alicyclic amines) is 1. The van der Waals surface area contributed by atoms with Gasteiger partial charge in [-0.05, 0) is 42.8 Å². The number of imidazole rings is 1. The van der Waals surface area contributed by atoms with E-state index in [1.165, 1.54) is 43.1 Å². The van der Waals surface area contributed by atoms with Crippen molar-refractivity contribution in [3.05, 3.63) is 66.7 Å². The van der Waals surface area contributed by atoms with Crippen LogP contribution < -0.4 is 0 Å². The highest BCUT2D eigenvalue weighted by molar-refractivity contribution is 6.03. The van der Waals surface area contributed by atoms with Crippen molar-refractivity contribution in [1.82, 2.24) is 14.5 Å². The summed E-state index contributed by atoms with van der Waals surface area (Å²) in [4.78, 5) is 12.3. The zero-order valence-corrected chi connectivity index (χ0v) is 15.6. The van der Waals surface area contributed by atoms with E-state index >= 15 is 0 Å². The van der Waals surface area contributed by atoms with E-state index in [1.54, 1.807) is 6.20 Å². The molecule has 5 nitrogen and oxygen atoms in total. The summed E-state index contributed by atoms with van der Waals surface area (Å²) in [6.07, 6.45) is 9.49. The smallest absolute Gasteiger partial charge is 0.129 e. The maximum atomic E-state index is 5.73. The average Bonchev–Trinajstić information content (AvgIpc) is 3.24. The summed E-state index contributed by atoms with van der Waals surface area (Å²) in [5, 5.41) is 6.94. The van der Waals surface area contributed by atoms with Gasteiger partial charge >= 0.3 is 0 Å². The molecule has 0 atom stereocenters. The Morgan fingerprint density at radius 3 is 2.70 bits per heavy atom. The molecule has 0 spiro atoms. The number of rotatable bonds is 7. The SMILES string of the molecule is c1ccc2cc(/C(Cn3ccnc3)=N\OCCN3CCCCC3)ccc2c1. The van der Waals surface area contributed by atoms with Crippen LogP contribution in [0.2, 0.25) is 0 Å². The zero-order chi connectivity index (χ0) is 18.3. The predicted molar refractivity (Wildman–Crippen MR) is 109 cm³/mol. The van der Waals surface area contributed by atoms with Crippen LogP contribution in [0.1, 0.15) is 24.8 Å². The van der Waals surface area contributed by atoms with E-state index in [9.17, 15) is 0 Å². The van der Waals surface area contributed by atoms with E-state index in [1.807, 2.05) is 17.1 Å². The minimum Gasteiger partial charge on any atom is -0.394 e. The fraction of sp³-hybridized carbons (Fsp3) is 0.364. The number of hydrogen-bond donors (Lipinski definition) is 0. The van der Waals surface area contributed by atoms with Crippen molar-refractivity contribution in [3.8, 4) is 0 Å². The van der Waals surface area contributed by atoms with E-state index in [0.29, 0.717) is 13.2 Å². The normalized spacial score (nSPS) is 15.9. The molecular formula is C22H26N4O. The van der Waals surface area contributed by atoms with Crippen molar-refractivity contribution in [3.63, 3.8) is 0 Å². The van der Waals surface area contributed by atoms with Crippen LogP contribution in [0.25, 0.3) is 10.8 Å².